The third-order valence-electron chi connectivity index (χ3n) is 3.43. The predicted molar refractivity (Wildman–Crippen MR) is 98.6 cm³/mol. The van der Waals surface area contributed by atoms with Gasteiger partial charge in [0.1, 0.15) is 11.7 Å². The van der Waals surface area contributed by atoms with Gasteiger partial charge < -0.3 is 15.7 Å². The summed E-state index contributed by atoms with van der Waals surface area (Å²) < 4.78 is 0. The molecule has 0 aliphatic rings. The Morgan fingerprint density at radius 3 is 2.23 bits per heavy atom. The molecule has 3 N–H and O–H groups in total. The molecule has 0 aliphatic carbocycles. The van der Waals surface area contributed by atoms with Crippen molar-refractivity contribution < 1.29 is 19.5 Å². The zero-order valence-electron chi connectivity index (χ0n) is 13.9. The number of rotatable bonds is 6. The summed E-state index contributed by atoms with van der Waals surface area (Å²) in [4.78, 5) is 35.7. The number of benzene rings is 2. The van der Waals surface area contributed by atoms with Crippen LogP contribution in [-0.2, 0) is 9.59 Å². The number of carbonyl (C=O) groups is 3. The van der Waals surface area contributed by atoms with E-state index in [-0.39, 0.29) is 5.70 Å². The van der Waals surface area contributed by atoms with Crippen LogP contribution in [0.4, 0.5) is 0 Å². The van der Waals surface area contributed by atoms with E-state index in [0.29, 0.717) is 16.1 Å². The van der Waals surface area contributed by atoms with E-state index < -0.39 is 23.8 Å². The van der Waals surface area contributed by atoms with Crippen LogP contribution in [0.3, 0.4) is 0 Å². The first kappa shape index (κ1) is 19.2. The number of carbonyl (C=O) groups excluding carboxylic acids is 2. The first-order valence-corrected chi connectivity index (χ1v) is 8.12. The van der Waals surface area contributed by atoms with Crippen molar-refractivity contribution in [3.05, 3.63) is 76.4 Å². The standard InChI is InChI=1S/C19H17ClN2O4/c1-12(19(25)26)21-18(24)16(11-13-7-9-15(20)10-8-13)22-17(23)14-5-3-2-4-6-14/h2-12H,1H3,(H,21,24)(H,22,23)(H,25,26)/b16-11-/t12-/m0/s1. The number of carboxylic acid groups (broad SMARTS) is 1. The first-order valence-electron chi connectivity index (χ1n) is 7.74. The minimum atomic E-state index is -1.18. The molecule has 0 saturated heterocycles. The summed E-state index contributed by atoms with van der Waals surface area (Å²) in [6.45, 7) is 1.33. The number of halogens is 1. The van der Waals surface area contributed by atoms with E-state index in [1.807, 2.05) is 0 Å². The Morgan fingerprint density at radius 2 is 1.65 bits per heavy atom. The fourth-order valence-electron chi connectivity index (χ4n) is 2.00. The van der Waals surface area contributed by atoms with Crippen LogP contribution in [-0.4, -0.2) is 28.9 Å². The van der Waals surface area contributed by atoms with Gasteiger partial charge in [-0.25, -0.2) is 0 Å². The largest absolute Gasteiger partial charge is 0.480 e. The van der Waals surface area contributed by atoms with Gasteiger partial charge in [-0.1, -0.05) is 41.9 Å². The fourth-order valence-corrected chi connectivity index (χ4v) is 2.13. The molecular weight excluding hydrogens is 356 g/mol. The average molecular weight is 373 g/mol. The van der Waals surface area contributed by atoms with Gasteiger partial charge in [-0.05, 0) is 42.8 Å². The first-order chi connectivity index (χ1) is 12.4. The van der Waals surface area contributed by atoms with Gasteiger partial charge in [0, 0.05) is 10.6 Å². The van der Waals surface area contributed by atoms with E-state index >= 15 is 0 Å². The van der Waals surface area contributed by atoms with E-state index in [1.165, 1.54) is 13.0 Å². The molecule has 0 radical (unpaired) electrons. The van der Waals surface area contributed by atoms with Crippen molar-refractivity contribution >= 4 is 35.5 Å². The molecule has 6 nitrogen and oxygen atoms in total. The number of hydrogen-bond acceptors (Lipinski definition) is 3. The van der Waals surface area contributed by atoms with Gasteiger partial charge in [0.05, 0.1) is 0 Å². The average Bonchev–Trinajstić information content (AvgIpc) is 2.63. The highest BCUT2D eigenvalue weighted by Gasteiger charge is 2.19. The number of hydrogen-bond donors (Lipinski definition) is 3. The van der Waals surface area contributed by atoms with Crippen molar-refractivity contribution in [3.8, 4) is 0 Å². The van der Waals surface area contributed by atoms with Crippen LogP contribution in [0.1, 0.15) is 22.8 Å². The van der Waals surface area contributed by atoms with E-state index in [4.69, 9.17) is 16.7 Å². The van der Waals surface area contributed by atoms with Crippen LogP contribution < -0.4 is 10.6 Å². The molecule has 0 fully saturated rings. The summed E-state index contributed by atoms with van der Waals surface area (Å²) in [6, 6.07) is 13.9. The maximum Gasteiger partial charge on any atom is 0.325 e. The predicted octanol–water partition coefficient (Wildman–Crippen LogP) is 2.70. The number of carboxylic acids is 1. The van der Waals surface area contributed by atoms with Gasteiger partial charge in [0.2, 0.25) is 0 Å². The maximum atomic E-state index is 12.4. The lowest BCUT2D eigenvalue weighted by molar-refractivity contribution is -0.140. The normalized spacial score (nSPS) is 12.2. The minimum absolute atomic E-state index is 0.0747. The molecular formula is C19H17ClN2O4. The third kappa shape index (κ3) is 5.46. The number of amides is 2. The van der Waals surface area contributed by atoms with Crippen LogP contribution in [0, 0.1) is 0 Å². The second kappa shape index (κ2) is 8.82. The zero-order chi connectivity index (χ0) is 19.1. The molecule has 7 heteroatoms. The van der Waals surface area contributed by atoms with E-state index in [1.54, 1.807) is 54.6 Å². The maximum absolute atomic E-state index is 12.4. The Hall–Kier alpha value is -3.12. The molecule has 0 saturated carbocycles. The number of aliphatic carboxylic acids is 1. The Kier molecular flexibility index (Phi) is 6.52. The lowest BCUT2D eigenvalue weighted by Gasteiger charge is -2.13. The summed E-state index contributed by atoms with van der Waals surface area (Å²) in [5, 5.41) is 14.3. The molecule has 0 spiro atoms. The molecule has 0 unspecified atom stereocenters. The van der Waals surface area contributed by atoms with Crippen molar-refractivity contribution in [2.75, 3.05) is 0 Å². The van der Waals surface area contributed by atoms with Crippen molar-refractivity contribution in [1.29, 1.82) is 0 Å². The van der Waals surface area contributed by atoms with E-state index in [0.717, 1.165) is 0 Å². The van der Waals surface area contributed by atoms with Crippen LogP contribution in [0.2, 0.25) is 5.02 Å². The molecule has 0 bridgehead atoms. The van der Waals surface area contributed by atoms with Crippen molar-refractivity contribution in [3.63, 3.8) is 0 Å². The van der Waals surface area contributed by atoms with Crippen molar-refractivity contribution in [2.24, 2.45) is 0 Å². The van der Waals surface area contributed by atoms with E-state index in [9.17, 15) is 14.4 Å². The van der Waals surface area contributed by atoms with Gasteiger partial charge >= 0.3 is 5.97 Å². The van der Waals surface area contributed by atoms with Gasteiger partial charge in [-0.15, -0.1) is 0 Å². The van der Waals surface area contributed by atoms with E-state index in [2.05, 4.69) is 10.6 Å². The summed E-state index contributed by atoms with van der Waals surface area (Å²) in [7, 11) is 0. The van der Waals surface area contributed by atoms with Crippen molar-refractivity contribution in [2.45, 2.75) is 13.0 Å². The Labute approximate surface area is 155 Å². The summed E-state index contributed by atoms with van der Waals surface area (Å²) in [6.07, 6.45) is 1.45. The van der Waals surface area contributed by atoms with Crippen LogP contribution in [0.25, 0.3) is 6.08 Å². The summed E-state index contributed by atoms with van der Waals surface area (Å²) >= 11 is 5.84. The second-order valence-electron chi connectivity index (χ2n) is 5.46. The quantitative estimate of drug-likeness (QED) is 0.679. The molecule has 2 rings (SSSR count). The summed E-state index contributed by atoms with van der Waals surface area (Å²) in [5.41, 5.74) is 0.916. The molecule has 26 heavy (non-hydrogen) atoms. The SMILES string of the molecule is C[C@H](NC(=O)/C(=C/c1ccc(Cl)cc1)NC(=O)c1ccccc1)C(=O)O. The van der Waals surface area contributed by atoms with Gasteiger partial charge in [0.25, 0.3) is 11.8 Å². The third-order valence-corrected chi connectivity index (χ3v) is 3.68. The Bertz CT molecular complexity index is 832. The molecule has 134 valence electrons. The molecule has 0 aliphatic heterocycles. The zero-order valence-corrected chi connectivity index (χ0v) is 14.7. The van der Waals surface area contributed by atoms with Gasteiger partial charge in [-0.3, -0.25) is 14.4 Å². The highest BCUT2D eigenvalue weighted by atomic mass is 35.5. The lowest BCUT2D eigenvalue weighted by atomic mass is 10.1. The molecule has 2 aromatic rings. The highest BCUT2D eigenvalue weighted by molar-refractivity contribution is 6.30. The van der Waals surface area contributed by atoms with Gasteiger partial charge in [0.15, 0.2) is 0 Å². The molecule has 0 heterocycles. The monoisotopic (exact) mass is 372 g/mol. The fraction of sp³-hybridized carbons (Fsp3) is 0.105. The van der Waals surface area contributed by atoms with Crippen LogP contribution >= 0.6 is 11.6 Å². The summed E-state index contributed by atoms with van der Waals surface area (Å²) in [5.74, 6) is -2.37. The second-order valence-corrected chi connectivity index (χ2v) is 5.90. The Morgan fingerprint density at radius 1 is 1.04 bits per heavy atom. The smallest absolute Gasteiger partial charge is 0.325 e. The number of nitrogens with one attached hydrogen (secondary N) is 2. The molecule has 2 amide bonds. The topological polar surface area (TPSA) is 95.5 Å². The van der Waals surface area contributed by atoms with Gasteiger partial charge in [-0.2, -0.15) is 0 Å². The highest BCUT2D eigenvalue weighted by Crippen LogP contribution is 2.12. The Balaban J connectivity index is 2.28. The lowest BCUT2D eigenvalue weighted by Crippen LogP contribution is -2.42. The van der Waals surface area contributed by atoms with Crippen LogP contribution in [0.15, 0.2) is 60.3 Å². The molecule has 2 aromatic carbocycles. The van der Waals surface area contributed by atoms with Crippen molar-refractivity contribution in [1.82, 2.24) is 10.6 Å². The molecule has 0 aromatic heterocycles. The minimum Gasteiger partial charge on any atom is -0.480 e. The van der Waals surface area contributed by atoms with Crippen LogP contribution in [0.5, 0.6) is 0 Å². The molecule has 1 atom stereocenters.